The highest BCUT2D eigenvalue weighted by Gasteiger charge is 2.17. The van der Waals surface area contributed by atoms with Crippen LogP contribution in [-0.2, 0) is 0 Å². The molecule has 14 heavy (non-hydrogen) atoms. The molecule has 0 aromatic heterocycles. The molecule has 0 aliphatic heterocycles. The minimum absolute atomic E-state index is 0.834. The second kappa shape index (κ2) is 7.28. The number of rotatable bonds is 6. The molecule has 1 aliphatic carbocycles. The summed E-state index contributed by atoms with van der Waals surface area (Å²) in [5, 5.41) is 3.71. The summed E-state index contributed by atoms with van der Waals surface area (Å²) in [6.45, 7) is 5.92. The highest BCUT2D eigenvalue weighted by Crippen LogP contribution is 2.23. The van der Waals surface area contributed by atoms with Crippen LogP contribution in [0.5, 0.6) is 0 Å². The predicted octanol–water partition coefficient (Wildman–Crippen LogP) is 3.74. The first-order valence-electron chi connectivity index (χ1n) is 6.56. The Hall–Kier alpha value is -0.0400. The number of hydrogen-bond acceptors (Lipinski definition) is 1. The van der Waals surface area contributed by atoms with Gasteiger partial charge >= 0.3 is 0 Å². The summed E-state index contributed by atoms with van der Waals surface area (Å²) < 4.78 is 0. The molecule has 0 unspecified atom stereocenters. The summed E-state index contributed by atoms with van der Waals surface area (Å²) in [4.78, 5) is 0. The van der Waals surface area contributed by atoms with E-state index in [0.29, 0.717) is 0 Å². The summed E-state index contributed by atoms with van der Waals surface area (Å²) in [7, 11) is 0. The second-order valence-electron chi connectivity index (χ2n) is 4.98. The quantitative estimate of drug-likeness (QED) is 0.640. The van der Waals surface area contributed by atoms with Crippen molar-refractivity contribution < 1.29 is 0 Å². The molecular weight excluding hydrogens is 170 g/mol. The van der Waals surface area contributed by atoms with E-state index in [4.69, 9.17) is 0 Å². The van der Waals surface area contributed by atoms with Gasteiger partial charge in [-0.3, -0.25) is 0 Å². The van der Waals surface area contributed by atoms with E-state index in [0.717, 1.165) is 12.0 Å². The lowest BCUT2D eigenvalue weighted by molar-refractivity contribution is 0.300. The van der Waals surface area contributed by atoms with Gasteiger partial charge in [-0.2, -0.15) is 0 Å². The molecule has 0 bridgehead atoms. The molecule has 1 aliphatic rings. The molecule has 1 saturated carbocycles. The fourth-order valence-corrected chi connectivity index (χ4v) is 2.48. The van der Waals surface area contributed by atoms with Gasteiger partial charge in [0.1, 0.15) is 0 Å². The third-order valence-electron chi connectivity index (χ3n) is 3.40. The van der Waals surface area contributed by atoms with Crippen LogP contribution in [0.15, 0.2) is 0 Å². The van der Waals surface area contributed by atoms with Crippen molar-refractivity contribution >= 4 is 0 Å². The summed E-state index contributed by atoms with van der Waals surface area (Å²) in [5.41, 5.74) is 0. The Morgan fingerprint density at radius 3 is 2.71 bits per heavy atom. The van der Waals surface area contributed by atoms with Crippen molar-refractivity contribution in [3.8, 4) is 0 Å². The Kier molecular flexibility index (Phi) is 6.25. The van der Waals surface area contributed by atoms with Crippen LogP contribution in [0.25, 0.3) is 0 Å². The molecule has 1 nitrogen and oxygen atoms in total. The molecule has 84 valence electrons. The Labute approximate surface area is 89.7 Å². The van der Waals surface area contributed by atoms with E-state index in [1.165, 1.54) is 57.9 Å². The van der Waals surface area contributed by atoms with Crippen molar-refractivity contribution in [2.45, 2.75) is 71.3 Å². The van der Waals surface area contributed by atoms with E-state index in [1.54, 1.807) is 0 Å². The zero-order valence-electron chi connectivity index (χ0n) is 10.0. The van der Waals surface area contributed by atoms with Crippen LogP contribution >= 0.6 is 0 Å². The SMILES string of the molecule is CCCCCCN[C@@H]1CCC[C@@H](C)C1. The molecule has 1 heteroatoms. The van der Waals surface area contributed by atoms with Crippen molar-refractivity contribution in [3.05, 3.63) is 0 Å². The van der Waals surface area contributed by atoms with Gasteiger partial charge in [-0.1, -0.05) is 46.0 Å². The standard InChI is InChI=1S/C13H27N/c1-3-4-5-6-10-14-13-9-7-8-12(2)11-13/h12-14H,3-11H2,1-2H3/t12-,13-/m1/s1. The minimum atomic E-state index is 0.834. The lowest BCUT2D eigenvalue weighted by Gasteiger charge is -2.27. The van der Waals surface area contributed by atoms with Crippen molar-refractivity contribution in [1.82, 2.24) is 5.32 Å². The van der Waals surface area contributed by atoms with Crippen molar-refractivity contribution in [1.29, 1.82) is 0 Å². The topological polar surface area (TPSA) is 12.0 Å². The normalized spacial score (nSPS) is 27.9. The van der Waals surface area contributed by atoms with Crippen molar-refractivity contribution in [2.24, 2.45) is 5.92 Å². The van der Waals surface area contributed by atoms with Gasteiger partial charge in [0, 0.05) is 6.04 Å². The first-order valence-corrected chi connectivity index (χ1v) is 6.56. The number of nitrogens with one attached hydrogen (secondary N) is 1. The van der Waals surface area contributed by atoms with E-state index in [1.807, 2.05) is 0 Å². The minimum Gasteiger partial charge on any atom is -0.314 e. The molecule has 0 amide bonds. The van der Waals surface area contributed by atoms with Gasteiger partial charge in [0.25, 0.3) is 0 Å². The molecule has 1 fully saturated rings. The maximum atomic E-state index is 3.71. The van der Waals surface area contributed by atoms with E-state index < -0.39 is 0 Å². The Morgan fingerprint density at radius 2 is 2.00 bits per heavy atom. The van der Waals surface area contributed by atoms with E-state index >= 15 is 0 Å². The van der Waals surface area contributed by atoms with Crippen molar-refractivity contribution in [3.63, 3.8) is 0 Å². The fraction of sp³-hybridized carbons (Fsp3) is 1.00. The second-order valence-corrected chi connectivity index (χ2v) is 4.98. The van der Waals surface area contributed by atoms with Crippen LogP contribution in [0.4, 0.5) is 0 Å². The third-order valence-corrected chi connectivity index (χ3v) is 3.40. The van der Waals surface area contributed by atoms with Gasteiger partial charge in [0.05, 0.1) is 0 Å². The van der Waals surface area contributed by atoms with E-state index in [9.17, 15) is 0 Å². The molecule has 0 aromatic carbocycles. The van der Waals surface area contributed by atoms with Gasteiger partial charge in [-0.05, 0) is 31.7 Å². The Morgan fingerprint density at radius 1 is 1.14 bits per heavy atom. The Balaban J connectivity index is 1.95. The lowest BCUT2D eigenvalue weighted by atomic mass is 9.87. The molecule has 0 saturated heterocycles. The molecule has 0 heterocycles. The monoisotopic (exact) mass is 197 g/mol. The highest BCUT2D eigenvalue weighted by molar-refractivity contribution is 4.75. The number of unbranched alkanes of at least 4 members (excludes halogenated alkanes) is 3. The average Bonchev–Trinajstić information content (AvgIpc) is 2.18. The van der Waals surface area contributed by atoms with E-state index in [-0.39, 0.29) is 0 Å². The summed E-state index contributed by atoms with van der Waals surface area (Å²) in [6.07, 6.45) is 11.3. The van der Waals surface area contributed by atoms with Crippen LogP contribution in [0.3, 0.4) is 0 Å². The lowest BCUT2D eigenvalue weighted by Crippen LogP contribution is -2.34. The molecule has 2 atom stereocenters. The van der Waals surface area contributed by atoms with Crippen molar-refractivity contribution in [2.75, 3.05) is 6.54 Å². The highest BCUT2D eigenvalue weighted by atomic mass is 14.9. The maximum absolute atomic E-state index is 3.71. The largest absolute Gasteiger partial charge is 0.314 e. The molecule has 1 rings (SSSR count). The van der Waals surface area contributed by atoms with Gasteiger partial charge in [-0.25, -0.2) is 0 Å². The van der Waals surface area contributed by atoms with E-state index in [2.05, 4.69) is 19.2 Å². The maximum Gasteiger partial charge on any atom is 0.00696 e. The summed E-state index contributed by atoms with van der Waals surface area (Å²) in [6, 6.07) is 0.834. The van der Waals surface area contributed by atoms with Gasteiger partial charge in [0.15, 0.2) is 0 Å². The first kappa shape index (κ1) is 12.0. The van der Waals surface area contributed by atoms with Crippen LogP contribution < -0.4 is 5.32 Å². The van der Waals surface area contributed by atoms with Crippen LogP contribution in [-0.4, -0.2) is 12.6 Å². The summed E-state index contributed by atoms with van der Waals surface area (Å²) in [5.74, 6) is 0.955. The summed E-state index contributed by atoms with van der Waals surface area (Å²) >= 11 is 0. The van der Waals surface area contributed by atoms with Crippen LogP contribution in [0.1, 0.15) is 65.2 Å². The molecule has 0 spiro atoms. The molecule has 0 radical (unpaired) electrons. The fourth-order valence-electron chi connectivity index (χ4n) is 2.48. The predicted molar refractivity (Wildman–Crippen MR) is 63.6 cm³/mol. The molecule has 1 N–H and O–H groups in total. The number of hydrogen-bond donors (Lipinski definition) is 1. The zero-order chi connectivity index (χ0) is 10.2. The smallest absolute Gasteiger partial charge is 0.00696 e. The third kappa shape index (κ3) is 4.99. The zero-order valence-corrected chi connectivity index (χ0v) is 10.0. The molecule has 0 aromatic rings. The Bertz CT molecular complexity index is 133. The average molecular weight is 197 g/mol. The first-order chi connectivity index (χ1) is 6.83. The van der Waals surface area contributed by atoms with Crippen LogP contribution in [0, 0.1) is 5.92 Å². The van der Waals surface area contributed by atoms with Crippen LogP contribution in [0.2, 0.25) is 0 Å². The van der Waals surface area contributed by atoms with Gasteiger partial charge in [-0.15, -0.1) is 0 Å². The molecular formula is C13H27N. The van der Waals surface area contributed by atoms with Gasteiger partial charge in [0.2, 0.25) is 0 Å². The van der Waals surface area contributed by atoms with Gasteiger partial charge < -0.3 is 5.32 Å².